The quantitative estimate of drug-likeness (QED) is 0.0710. The van der Waals surface area contributed by atoms with E-state index in [0.29, 0.717) is 5.57 Å². The Bertz CT molecular complexity index is 2220. The van der Waals surface area contributed by atoms with Gasteiger partial charge in [0.25, 0.3) is 5.91 Å². The van der Waals surface area contributed by atoms with Crippen LogP contribution < -0.4 is 5.32 Å². The molecule has 0 aliphatic heterocycles. The average Bonchev–Trinajstić information content (AvgIpc) is 3.94. The van der Waals surface area contributed by atoms with Crippen molar-refractivity contribution in [1.29, 1.82) is 5.26 Å². The second-order valence-electron chi connectivity index (χ2n) is 11.6. The molecule has 52 heavy (non-hydrogen) atoms. The van der Waals surface area contributed by atoms with E-state index in [1.807, 2.05) is 73.3 Å². The number of carbonyl (C=O) groups is 2. The van der Waals surface area contributed by atoms with Gasteiger partial charge in [-0.1, -0.05) is 6.08 Å². The zero-order valence-electron chi connectivity index (χ0n) is 29.6. The SMILES string of the molecule is C/C(=C\C(=O)NC#N)c1cc(-c2ccncc2)c[nH]1.C/C(=C\C(=O)O)c1cc(-c2ccncc2)c[nH]1.C/C=C(\C)c1cc(-c2ccncc2)cn1C. The largest absolute Gasteiger partial charge is 0.478 e. The summed E-state index contributed by atoms with van der Waals surface area (Å²) in [4.78, 5) is 39.9. The highest BCUT2D eigenvalue weighted by Gasteiger charge is 2.07. The van der Waals surface area contributed by atoms with Gasteiger partial charge in [0.2, 0.25) is 0 Å². The zero-order chi connectivity index (χ0) is 37.5. The Morgan fingerprint density at radius 3 is 1.58 bits per heavy atom. The fourth-order valence-corrected chi connectivity index (χ4v) is 5.10. The number of pyridine rings is 3. The molecule has 6 aromatic rings. The molecule has 0 saturated carbocycles. The van der Waals surface area contributed by atoms with Gasteiger partial charge < -0.3 is 19.6 Å². The van der Waals surface area contributed by atoms with Crippen molar-refractivity contribution >= 4 is 28.6 Å². The van der Waals surface area contributed by atoms with Crippen LogP contribution in [0.1, 0.15) is 44.8 Å². The van der Waals surface area contributed by atoms with Crippen LogP contribution in [0.2, 0.25) is 0 Å². The molecule has 0 radical (unpaired) electrons. The van der Waals surface area contributed by atoms with Gasteiger partial charge in [-0.25, -0.2) is 4.79 Å². The maximum Gasteiger partial charge on any atom is 0.328 e. The number of carbonyl (C=O) groups excluding carboxylic acids is 1. The van der Waals surface area contributed by atoms with E-state index in [-0.39, 0.29) is 0 Å². The third-order valence-electron chi connectivity index (χ3n) is 7.97. The van der Waals surface area contributed by atoms with Gasteiger partial charge in [-0.15, -0.1) is 0 Å². The number of nitriles is 1. The summed E-state index contributed by atoms with van der Waals surface area (Å²) in [6.07, 6.45) is 22.7. The molecule has 0 aliphatic rings. The van der Waals surface area contributed by atoms with Gasteiger partial charge in [-0.05, 0) is 127 Å². The van der Waals surface area contributed by atoms with Gasteiger partial charge in [-0.2, -0.15) is 5.26 Å². The van der Waals surface area contributed by atoms with E-state index in [9.17, 15) is 9.59 Å². The van der Waals surface area contributed by atoms with E-state index >= 15 is 0 Å². The Labute approximate surface area is 302 Å². The van der Waals surface area contributed by atoms with Gasteiger partial charge >= 0.3 is 5.97 Å². The summed E-state index contributed by atoms with van der Waals surface area (Å²) < 4.78 is 2.16. The number of rotatable bonds is 8. The topological polar surface area (TPSA) is 165 Å². The highest BCUT2D eigenvalue weighted by Crippen LogP contribution is 2.26. The van der Waals surface area contributed by atoms with Crippen LogP contribution in [0.4, 0.5) is 0 Å². The molecule has 6 rings (SSSR count). The lowest BCUT2D eigenvalue weighted by Crippen LogP contribution is -2.14. The van der Waals surface area contributed by atoms with Gasteiger partial charge in [0.1, 0.15) is 0 Å². The fourth-order valence-electron chi connectivity index (χ4n) is 5.10. The molecule has 0 saturated heterocycles. The summed E-state index contributed by atoms with van der Waals surface area (Å²) in [7, 11) is 2.08. The molecule has 0 aromatic carbocycles. The average molecular weight is 693 g/mol. The molecule has 6 heterocycles. The molecule has 0 spiro atoms. The molecule has 11 heteroatoms. The van der Waals surface area contributed by atoms with Gasteiger partial charge in [0, 0.05) is 97.6 Å². The number of aromatic amines is 2. The molecule has 4 N–H and O–H groups in total. The minimum atomic E-state index is -0.942. The number of hydrogen-bond acceptors (Lipinski definition) is 6. The summed E-state index contributed by atoms with van der Waals surface area (Å²) in [5, 5.41) is 19.1. The first kappa shape index (κ1) is 37.8. The summed E-state index contributed by atoms with van der Waals surface area (Å²) in [5.41, 5.74) is 12.2. The van der Waals surface area contributed by atoms with E-state index in [0.717, 1.165) is 39.2 Å². The minimum absolute atomic E-state index is 0.430. The van der Waals surface area contributed by atoms with Crippen LogP contribution in [0.25, 0.3) is 50.1 Å². The lowest BCUT2D eigenvalue weighted by atomic mass is 10.1. The Morgan fingerprint density at radius 1 is 0.712 bits per heavy atom. The van der Waals surface area contributed by atoms with Crippen molar-refractivity contribution in [3.05, 3.63) is 146 Å². The summed E-state index contributed by atoms with van der Waals surface area (Å²) in [6.45, 7) is 7.76. The van der Waals surface area contributed by atoms with E-state index in [1.165, 1.54) is 34.5 Å². The number of carboxylic acid groups (broad SMARTS) is 1. The van der Waals surface area contributed by atoms with Gasteiger partial charge in [0.15, 0.2) is 6.19 Å². The predicted molar refractivity (Wildman–Crippen MR) is 205 cm³/mol. The monoisotopic (exact) mass is 692 g/mol. The van der Waals surface area contributed by atoms with Crippen LogP contribution in [0, 0.1) is 11.5 Å². The number of aromatic nitrogens is 6. The van der Waals surface area contributed by atoms with Crippen LogP contribution in [0.5, 0.6) is 0 Å². The molecule has 0 unspecified atom stereocenters. The Morgan fingerprint density at radius 2 is 1.15 bits per heavy atom. The van der Waals surface area contributed by atoms with Crippen molar-refractivity contribution in [3.63, 3.8) is 0 Å². The predicted octanol–water partition coefficient (Wildman–Crippen LogP) is 8.15. The maximum atomic E-state index is 11.3. The molecule has 0 atom stereocenters. The molecule has 262 valence electrons. The number of nitrogens with zero attached hydrogens (tertiary/aromatic N) is 5. The smallest absolute Gasteiger partial charge is 0.328 e. The molecule has 6 aromatic heterocycles. The normalized spacial score (nSPS) is 11.3. The lowest BCUT2D eigenvalue weighted by Gasteiger charge is -2.00. The number of aryl methyl sites for hydroxylation is 1. The summed E-state index contributed by atoms with van der Waals surface area (Å²) >= 11 is 0. The van der Waals surface area contributed by atoms with Crippen molar-refractivity contribution in [2.24, 2.45) is 7.05 Å². The van der Waals surface area contributed by atoms with E-state index in [4.69, 9.17) is 10.4 Å². The Hall–Kier alpha value is -7.06. The first-order valence-corrected chi connectivity index (χ1v) is 16.3. The van der Waals surface area contributed by atoms with Crippen LogP contribution in [-0.4, -0.2) is 46.5 Å². The van der Waals surface area contributed by atoms with E-state index < -0.39 is 11.9 Å². The number of H-pyrrole nitrogens is 2. The standard InChI is InChI=1S/C14H12N4O.C14H16N2.C13H12N2O2/c1-10(6-14(19)18-9-15)13-7-12(8-17-13)11-2-4-16-5-3-11;1-4-11(2)14-9-13(10-16(14)3)12-5-7-15-8-6-12;1-9(6-13(16)17)12-7-11(8-15-12)10-2-4-14-5-3-10/h2-8,17H,1H3,(H,18,19);4-10H,1-3H3;2-8,15H,1H3,(H,16,17)/b10-6+;11-4+;9-6+. The van der Waals surface area contributed by atoms with Gasteiger partial charge in [0.05, 0.1) is 0 Å². The van der Waals surface area contributed by atoms with Crippen LogP contribution >= 0.6 is 0 Å². The van der Waals surface area contributed by atoms with Crippen molar-refractivity contribution in [2.75, 3.05) is 0 Å². The number of nitrogens with one attached hydrogen (secondary N) is 3. The number of amides is 1. The molecule has 0 bridgehead atoms. The molecular weight excluding hydrogens is 653 g/mol. The van der Waals surface area contributed by atoms with Crippen LogP contribution in [0.15, 0.2) is 129 Å². The molecule has 0 aliphatic carbocycles. The first-order chi connectivity index (χ1) is 25.1. The number of hydrogen-bond donors (Lipinski definition) is 4. The van der Waals surface area contributed by atoms with E-state index in [1.54, 1.807) is 44.8 Å². The second-order valence-corrected chi connectivity index (χ2v) is 11.6. The van der Waals surface area contributed by atoms with Crippen molar-refractivity contribution < 1.29 is 14.7 Å². The van der Waals surface area contributed by atoms with Crippen LogP contribution in [-0.2, 0) is 16.6 Å². The Balaban J connectivity index is 0.000000175. The third-order valence-corrected chi connectivity index (χ3v) is 7.97. The van der Waals surface area contributed by atoms with E-state index in [2.05, 4.69) is 74.0 Å². The van der Waals surface area contributed by atoms with Gasteiger partial charge in [-0.3, -0.25) is 25.1 Å². The number of carboxylic acids is 1. The van der Waals surface area contributed by atoms with Crippen molar-refractivity contribution in [2.45, 2.75) is 27.7 Å². The first-order valence-electron chi connectivity index (χ1n) is 16.3. The number of allylic oxidation sites excluding steroid dienone is 4. The molecule has 11 nitrogen and oxygen atoms in total. The highest BCUT2D eigenvalue weighted by atomic mass is 16.4. The molecular formula is C41H40N8O3. The summed E-state index contributed by atoms with van der Waals surface area (Å²) in [6, 6.07) is 17.8. The lowest BCUT2D eigenvalue weighted by molar-refractivity contribution is -0.131. The fraction of sp³-hybridized carbons (Fsp3) is 0.122. The summed E-state index contributed by atoms with van der Waals surface area (Å²) in [5.74, 6) is -1.37. The second kappa shape index (κ2) is 18.6. The Kier molecular flexibility index (Phi) is 13.5. The maximum absolute atomic E-state index is 11.3. The van der Waals surface area contributed by atoms with Crippen LogP contribution in [0.3, 0.4) is 0 Å². The van der Waals surface area contributed by atoms with Crippen molar-refractivity contribution in [1.82, 2.24) is 34.8 Å². The molecule has 1 amide bonds. The van der Waals surface area contributed by atoms with Crippen molar-refractivity contribution in [3.8, 4) is 39.6 Å². The zero-order valence-corrected chi connectivity index (χ0v) is 29.6. The number of aliphatic carboxylic acids is 1. The minimum Gasteiger partial charge on any atom is -0.478 e. The molecule has 0 fully saturated rings. The highest BCUT2D eigenvalue weighted by molar-refractivity contribution is 5.95. The third kappa shape index (κ3) is 10.7.